The van der Waals surface area contributed by atoms with Crippen molar-refractivity contribution < 1.29 is 18.0 Å². The van der Waals surface area contributed by atoms with Crippen molar-refractivity contribution in [1.82, 2.24) is 10.2 Å². The number of carbonyl (C=O) groups is 2. The molecule has 3 rings (SSSR count). The molecule has 0 radical (unpaired) electrons. The van der Waals surface area contributed by atoms with E-state index in [4.69, 9.17) is 11.6 Å². The molecule has 1 atom stereocenters. The van der Waals surface area contributed by atoms with Gasteiger partial charge in [0.05, 0.1) is 10.6 Å². The summed E-state index contributed by atoms with van der Waals surface area (Å²) in [5.74, 6) is -0.811. The summed E-state index contributed by atoms with van der Waals surface area (Å²) in [6, 6.07) is 19.7. The molecule has 0 unspecified atom stereocenters. The lowest BCUT2D eigenvalue weighted by molar-refractivity contribution is -0.139. The third-order valence-electron chi connectivity index (χ3n) is 6.27. The highest BCUT2D eigenvalue weighted by atomic mass is 35.5. The molecule has 0 aliphatic heterocycles. The van der Waals surface area contributed by atoms with Gasteiger partial charge in [-0.1, -0.05) is 72.6 Å². The van der Waals surface area contributed by atoms with Gasteiger partial charge in [0.25, 0.3) is 10.0 Å². The maximum atomic E-state index is 13.9. The van der Waals surface area contributed by atoms with E-state index in [9.17, 15) is 18.0 Å². The Kier molecular flexibility index (Phi) is 9.94. The van der Waals surface area contributed by atoms with E-state index in [1.807, 2.05) is 38.1 Å². The maximum absolute atomic E-state index is 13.9. The number of nitrogens with one attached hydrogen (secondary N) is 1. The number of aryl methyl sites for hydroxylation is 1. The summed E-state index contributed by atoms with van der Waals surface area (Å²) in [6.07, 6.45) is 0.751. The van der Waals surface area contributed by atoms with E-state index in [0.29, 0.717) is 22.8 Å². The molecule has 0 spiro atoms. The van der Waals surface area contributed by atoms with Crippen LogP contribution in [0.2, 0.25) is 5.02 Å². The van der Waals surface area contributed by atoms with Crippen LogP contribution in [0.3, 0.4) is 0 Å². The average Bonchev–Trinajstić information content (AvgIpc) is 2.90. The lowest BCUT2D eigenvalue weighted by Gasteiger charge is -2.32. The third kappa shape index (κ3) is 6.94. The van der Waals surface area contributed by atoms with Crippen molar-refractivity contribution in [3.63, 3.8) is 0 Å². The molecular weight excluding hydrogens is 522 g/mol. The second kappa shape index (κ2) is 12.9. The number of hydrogen-bond acceptors (Lipinski definition) is 4. The van der Waals surface area contributed by atoms with Crippen LogP contribution in [0.15, 0.2) is 77.7 Å². The highest BCUT2D eigenvalue weighted by Crippen LogP contribution is 2.31. The van der Waals surface area contributed by atoms with E-state index < -0.39 is 28.5 Å². The Hall–Kier alpha value is -3.36. The number of hydrogen-bond donors (Lipinski definition) is 1. The smallest absolute Gasteiger partial charge is 0.264 e. The molecule has 0 aliphatic carbocycles. The van der Waals surface area contributed by atoms with Crippen LogP contribution in [0, 0.1) is 13.8 Å². The van der Waals surface area contributed by atoms with Crippen molar-refractivity contribution >= 4 is 39.1 Å². The Labute approximate surface area is 230 Å². The zero-order valence-electron chi connectivity index (χ0n) is 22.1. The Bertz CT molecular complexity index is 1380. The first kappa shape index (κ1) is 29.2. The maximum Gasteiger partial charge on any atom is 0.264 e. The molecule has 0 aromatic heterocycles. The van der Waals surface area contributed by atoms with E-state index >= 15 is 0 Å². The first-order valence-electron chi connectivity index (χ1n) is 12.5. The average molecular weight is 556 g/mol. The van der Waals surface area contributed by atoms with Gasteiger partial charge in [-0.25, -0.2) is 8.42 Å². The van der Waals surface area contributed by atoms with Crippen LogP contribution in [0.1, 0.15) is 37.0 Å². The predicted molar refractivity (Wildman–Crippen MR) is 152 cm³/mol. The van der Waals surface area contributed by atoms with E-state index in [0.717, 1.165) is 21.9 Å². The molecule has 3 aromatic rings. The number of anilines is 1. The van der Waals surface area contributed by atoms with Crippen molar-refractivity contribution in [3.05, 3.63) is 94.5 Å². The Morgan fingerprint density at radius 3 is 2.32 bits per heavy atom. The SMILES string of the molecule is CCCNC(=O)[C@@H](C)N(Cc1cccc(C)c1)C(=O)CN(c1cccc(Cl)c1C)S(=O)(=O)c1ccccc1. The van der Waals surface area contributed by atoms with Crippen LogP contribution in [0.25, 0.3) is 0 Å². The Morgan fingerprint density at radius 1 is 0.974 bits per heavy atom. The van der Waals surface area contributed by atoms with Crippen molar-refractivity contribution in [3.8, 4) is 0 Å². The lowest BCUT2D eigenvalue weighted by Crippen LogP contribution is -2.51. The van der Waals surface area contributed by atoms with E-state index in [1.165, 1.54) is 17.0 Å². The van der Waals surface area contributed by atoms with E-state index in [1.54, 1.807) is 50.2 Å². The van der Waals surface area contributed by atoms with Crippen LogP contribution in [0.5, 0.6) is 0 Å². The first-order chi connectivity index (χ1) is 18.1. The topological polar surface area (TPSA) is 86.8 Å². The van der Waals surface area contributed by atoms with Crippen LogP contribution < -0.4 is 9.62 Å². The molecular formula is C29H34ClN3O4S. The quantitative estimate of drug-likeness (QED) is 0.357. The molecule has 202 valence electrons. The summed E-state index contributed by atoms with van der Waals surface area (Å²) in [6.45, 7) is 7.38. The van der Waals surface area contributed by atoms with Gasteiger partial charge in [0.2, 0.25) is 11.8 Å². The molecule has 1 N–H and O–H groups in total. The summed E-state index contributed by atoms with van der Waals surface area (Å²) in [4.78, 5) is 28.3. The molecule has 0 saturated carbocycles. The standard InChI is InChI=1S/C29H34ClN3O4S/c1-5-17-31-29(35)23(4)32(19-24-12-9-11-21(2)18-24)28(34)20-33(27-16-10-15-26(30)22(27)3)38(36,37)25-13-7-6-8-14-25/h6-16,18,23H,5,17,19-20H2,1-4H3,(H,31,35)/t23-/m1/s1. The number of nitrogens with zero attached hydrogens (tertiary/aromatic N) is 2. The fourth-order valence-electron chi connectivity index (χ4n) is 4.09. The lowest BCUT2D eigenvalue weighted by atomic mass is 10.1. The Balaban J connectivity index is 2.05. The summed E-state index contributed by atoms with van der Waals surface area (Å²) >= 11 is 6.35. The summed E-state index contributed by atoms with van der Waals surface area (Å²) in [7, 11) is -4.14. The molecule has 0 saturated heterocycles. The van der Waals surface area contributed by atoms with E-state index in [-0.39, 0.29) is 17.3 Å². The number of halogens is 1. The van der Waals surface area contributed by atoms with Crippen LogP contribution in [0.4, 0.5) is 5.69 Å². The van der Waals surface area contributed by atoms with Gasteiger partial charge in [-0.05, 0) is 62.6 Å². The fraction of sp³-hybridized carbons (Fsp3) is 0.310. The number of sulfonamides is 1. The zero-order chi connectivity index (χ0) is 27.9. The number of rotatable bonds is 11. The van der Waals surface area contributed by atoms with Crippen LogP contribution >= 0.6 is 11.6 Å². The van der Waals surface area contributed by atoms with Gasteiger partial charge >= 0.3 is 0 Å². The predicted octanol–water partition coefficient (Wildman–Crippen LogP) is 5.10. The molecule has 0 bridgehead atoms. The second-order valence-corrected chi connectivity index (χ2v) is 11.5. The number of benzene rings is 3. The Morgan fingerprint density at radius 2 is 1.66 bits per heavy atom. The van der Waals surface area contributed by atoms with Gasteiger partial charge in [0.1, 0.15) is 12.6 Å². The first-order valence-corrected chi connectivity index (χ1v) is 14.3. The molecule has 9 heteroatoms. The van der Waals surface area contributed by atoms with Gasteiger partial charge in [-0.15, -0.1) is 0 Å². The van der Waals surface area contributed by atoms with Crippen molar-refractivity contribution in [2.75, 3.05) is 17.4 Å². The normalized spacial score (nSPS) is 12.0. The van der Waals surface area contributed by atoms with Gasteiger partial charge in [0.15, 0.2) is 0 Å². The second-order valence-electron chi connectivity index (χ2n) is 9.19. The monoisotopic (exact) mass is 555 g/mol. The fourth-order valence-corrected chi connectivity index (χ4v) is 5.75. The minimum absolute atomic E-state index is 0.0474. The minimum atomic E-state index is -4.14. The van der Waals surface area contributed by atoms with Gasteiger partial charge in [-0.2, -0.15) is 0 Å². The van der Waals surface area contributed by atoms with Gasteiger partial charge in [-0.3, -0.25) is 13.9 Å². The molecule has 38 heavy (non-hydrogen) atoms. The van der Waals surface area contributed by atoms with Gasteiger partial charge in [0, 0.05) is 18.1 Å². The largest absolute Gasteiger partial charge is 0.354 e. The summed E-state index contributed by atoms with van der Waals surface area (Å²) in [5.41, 5.74) is 2.68. The molecule has 0 fully saturated rings. The molecule has 2 amide bonds. The van der Waals surface area contributed by atoms with Crippen molar-refractivity contribution in [2.45, 2.75) is 51.6 Å². The van der Waals surface area contributed by atoms with Crippen molar-refractivity contribution in [1.29, 1.82) is 0 Å². The van der Waals surface area contributed by atoms with Crippen LogP contribution in [-0.2, 0) is 26.2 Å². The van der Waals surface area contributed by atoms with Crippen molar-refractivity contribution in [2.24, 2.45) is 0 Å². The summed E-state index contributed by atoms with van der Waals surface area (Å²) in [5, 5.41) is 3.22. The highest BCUT2D eigenvalue weighted by molar-refractivity contribution is 7.92. The summed E-state index contributed by atoms with van der Waals surface area (Å²) < 4.78 is 28.7. The van der Waals surface area contributed by atoms with E-state index in [2.05, 4.69) is 5.32 Å². The molecule has 0 heterocycles. The van der Waals surface area contributed by atoms with Gasteiger partial charge < -0.3 is 10.2 Å². The highest BCUT2D eigenvalue weighted by Gasteiger charge is 2.33. The zero-order valence-corrected chi connectivity index (χ0v) is 23.7. The number of carbonyl (C=O) groups excluding carboxylic acids is 2. The molecule has 7 nitrogen and oxygen atoms in total. The molecule has 0 aliphatic rings. The third-order valence-corrected chi connectivity index (χ3v) is 8.45. The van der Waals surface area contributed by atoms with Crippen LogP contribution in [-0.4, -0.2) is 44.3 Å². The minimum Gasteiger partial charge on any atom is -0.354 e. The molecule has 3 aromatic carbocycles. The number of amides is 2.